The van der Waals surface area contributed by atoms with Crippen LogP contribution >= 0.6 is 0 Å². The second kappa shape index (κ2) is 6.56. The van der Waals surface area contributed by atoms with Crippen molar-refractivity contribution in [2.24, 2.45) is 5.92 Å². The van der Waals surface area contributed by atoms with E-state index in [4.69, 9.17) is 0 Å². The Balaban J connectivity index is 1.58. The van der Waals surface area contributed by atoms with Crippen LogP contribution in [0, 0.1) is 5.92 Å². The molecule has 2 aromatic rings. The van der Waals surface area contributed by atoms with E-state index >= 15 is 0 Å². The van der Waals surface area contributed by atoms with Crippen molar-refractivity contribution in [1.29, 1.82) is 0 Å². The van der Waals surface area contributed by atoms with E-state index in [1.165, 1.54) is 0 Å². The van der Waals surface area contributed by atoms with E-state index in [0.29, 0.717) is 12.3 Å². The van der Waals surface area contributed by atoms with Crippen LogP contribution in [0.3, 0.4) is 0 Å². The minimum atomic E-state index is 0.00248. The molecule has 0 bridgehead atoms. The number of carbonyl (C=O) groups is 1. The van der Waals surface area contributed by atoms with Gasteiger partial charge in [-0.2, -0.15) is 0 Å². The van der Waals surface area contributed by atoms with Gasteiger partial charge in [0.15, 0.2) is 0 Å². The molecule has 1 N–H and O–H groups in total. The summed E-state index contributed by atoms with van der Waals surface area (Å²) in [6, 6.07) is 7.98. The predicted molar refractivity (Wildman–Crippen MR) is 84.4 cm³/mol. The number of benzene rings is 1. The van der Waals surface area contributed by atoms with Gasteiger partial charge in [-0.15, -0.1) is 5.10 Å². The van der Waals surface area contributed by atoms with E-state index in [1.54, 1.807) is 17.1 Å². The quantitative estimate of drug-likeness (QED) is 0.863. The number of aromatic nitrogens is 3. The molecule has 0 fully saturated rings. The minimum absolute atomic E-state index is 0.00248. The number of amides is 1. The summed E-state index contributed by atoms with van der Waals surface area (Å²) in [4.78, 5) is 12.1. The Morgan fingerprint density at radius 3 is 2.86 bits per heavy atom. The fourth-order valence-electron chi connectivity index (χ4n) is 2.75. The van der Waals surface area contributed by atoms with E-state index in [2.05, 4.69) is 27.8 Å². The van der Waals surface area contributed by atoms with Gasteiger partial charge in [-0.1, -0.05) is 29.5 Å². The maximum Gasteiger partial charge on any atom is 0.221 e. The third-order valence-electron chi connectivity index (χ3n) is 4.02. The monoisotopic (exact) mass is 296 g/mol. The van der Waals surface area contributed by atoms with Crippen LogP contribution in [0.4, 0.5) is 0 Å². The Hall–Kier alpha value is -2.43. The highest BCUT2D eigenvalue weighted by Crippen LogP contribution is 2.21. The first-order valence-corrected chi connectivity index (χ1v) is 7.65. The molecule has 114 valence electrons. The molecule has 2 atom stereocenters. The molecule has 5 nitrogen and oxygen atoms in total. The molecule has 0 spiro atoms. The van der Waals surface area contributed by atoms with E-state index in [-0.39, 0.29) is 11.9 Å². The lowest BCUT2D eigenvalue weighted by atomic mass is 10.0. The summed E-state index contributed by atoms with van der Waals surface area (Å²) in [5, 5.41) is 10.8. The van der Waals surface area contributed by atoms with Crippen molar-refractivity contribution in [3.63, 3.8) is 0 Å². The van der Waals surface area contributed by atoms with Crippen LogP contribution in [-0.2, 0) is 4.79 Å². The Morgan fingerprint density at radius 1 is 1.41 bits per heavy atom. The first-order valence-electron chi connectivity index (χ1n) is 7.65. The van der Waals surface area contributed by atoms with Gasteiger partial charge in [0.1, 0.15) is 0 Å². The molecule has 0 unspecified atom stereocenters. The first-order chi connectivity index (χ1) is 10.7. The van der Waals surface area contributed by atoms with E-state index in [1.807, 2.05) is 31.2 Å². The lowest BCUT2D eigenvalue weighted by molar-refractivity contribution is -0.122. The van der Waals surface area contributed by atoms with Crippen LogP contribution < -0.4 is 5.32 Å². The van der Waals surface area contributed by atoms with Crippen LogP contribution in [0.1, 0.15) is 37.8 Å². The summed E-state index contributed by atoms with van der Waals surface area (Å²) in [7, 11) is 0. The van der Waals surface area contributed by atoms with Crippen LogP contribution in [-0.4, -0.2) is 20.9 Å². The molecule has 0 aliphatic heterocycles. The van der Waals surface area contributed by atoms with Gasteiger partial charge in [-0.3, -0.25) is 4.79 Å². The van der Waals surface area contributed by atoms with Gasteiger partial charge in [-0.05, 0) is 43.4 Å². The number of carbonyl (C=O) groups excluding carboxylic acids is 1. The largest absolute Gasteiger partial charge is 0.350 e. The fraction of sp³-hybridized carbons (Fsp3) is 0.353. The first kappa shape index (κ1) is 14.5. The standard InChI is InChI=1S/C17H20N4O/c1-13(19-17(22)12-14-4-2-3-5-14)15-6-8-16(9-7-15)21-11-10-18-20-21/h2,4,6-11,13-14H,3,5,12H2,1H3,(H,19,22)/t13-,14-/m1/s1. The number of hydrogen-bond acceptors (Lipinski definition) is 3. The number of nitrogens with one attached hydrogen (secondary N) is 1. The highest BCUT2D eigenvalue weighted by atomic mass is 16.1. The van der Waals surface area contributed by atoms with Gasteiger partial charge in [-0.25, -0.2) is 4.68 Å². The summed E-state index contributed by atoms with van der Waals surface area (Å²) in [5.74, 6) is 0.520. The summed E-state index contributed by atoms with van der Waals surface area (Å²) in [6.45, 7) is 2.01. The van der Waals surface area contributed by atoms with Crippen LogP contribution in [0.2, 0.25) is 0 Å². The summed E-state index contributed by atoms with van der Waals surface area (Å²) in [5.41, 5.74) is 2.04. The van der Waals surface area contributed by atoms with Crippen molar-refractivity contribution in [3.05, 3.63) is 54.4 Å². The molecule has 1 heterocycles. The average Bonchev–Trinajstić information content (AvgIpc) is 3.20. The molecule has 1 aromatic heterocycles. The van der Waals surface area contributed by atoms with Crippen molar-refractivity contribution in [2.45, 2.75) is 32.2 Å². The molecular formula is C17H20N4O. The zero-order valence-corrected chi connectivity index (χ0v) is 12.6. The van der Waals surface area contributed by atoms with Gasteiger partial charge in [0.25, 0.3) is 0 Å². The Kier molecular flexibility index (Phi) is 4.32. The summed E-state index contributed by atoms with van der Waals surface area (Å²) < 4.78 is 1.71. The zero-order chi connectivity index (χ0) is 15.4. The Morgan fingerprint density at radius 2 is 2.23 bits per heavy atom. The summed E-state index contributed by atoms with van der Waals surface area (Å²) >= 11 is 0. The van der Waals surface area contributed by atoms with Crippen molar-refractivity contribution < 1.29 is 4.79 Å². The molecule has 1 aromatic carbocycles. The predicted octanol–water partition coefficient (Wildman–Crippen LogP) is 2.80. The van der Waals surface area contributed by atoms with Crippen molar-refractivity contribution >= 4 is 5.91 Å². The number of allylic oxidation sites excluding steroid dienone is 2. The Bertz CT molecular complexity index is 646. The lowest BCUT2D eigenvalue weighted by Gasteiger charge is -2.16. The number of nitrogens with zero attached hydrogens (tertiary/aromatic N) is 3. The van der Waals surface area contributed by atoms with Gasteiger partial charge < -0.3 is 5.32 Å². The number of rotatable bonds is 5. The molecular weight excluding hydrogens is 276 g/mol. The van der Waals surface area contributed by atoms with Crippen molar-refractivity contribution in [1.82, 2.24) is 20.3 Å². The molecule has 0 saturated carbocycles. The highest BCUT2D eigenvalue weighted by Gasteiger charge is 2.16. The van der Waals surface area contributed by atoms with Gasteiger partial charge in [0, 0.05) is 6.42 Å². The second-order valence-electron chi connectivity index (χ2n) is 5.70. The molecule has 22 heavy (non-hydrogen) atoms. The molecule has 1 aliphatic rings. The molecule has 0 saturated heterocycles. The third kappa shape index (κ3) is 3.42. The molecule has 3 rings (SSSR count). The van der Waals surface area contributed by atoms with Crippen LogP contribution in [0.5, 0.6) is 0 Å². The van der Waals surface area contributed by atoms with E-state index in [9.17, 15) is 4.79 Å². The topological polar surface area (TPSA) is 59.8 Å². The molecule has 5 heteroatoms. The Labute approximate surface area is 130 Å². The van der Waals surface area contributed by atoms with E-state index < -0.39 is 0 Å². The van der Waals surface area contributed by atoms with Crippen LogP contribution in [0.25, 0.3) is 5.69 Å². The van der Waals surface area contributed by atoms with Crippen molar-refractivity contribution in [2.75, 3.05) is 0 Å². The smallest absolute Gasteiger partial charge is 0.221 e. The van der Waals surface area contributed by atoms with Gasteiger partial charge >= 0.3 is 0 Å². The van der Waals surface area contributed by atoms with Gasteiger partial charge in [0.05, 0.1) is 24.1 Å². The minimum Gasteiger partial charge on any atom is -0.350 e. The highest BCUT2D eigenvalue weighted by molar-refractivity contribution is 5.77. The molecule has 0 radical (unpaired) electrons. The average molecular weight is 296 g/mol. The van der Waals surface area contributed by atoms with Gasteiger partial charge in [0.2, 0.25) is 5.91 Å². The van der Waals surface area contributed by atoms with Crippen molar-refractivity contribution in [3.8, 4) is 5.69 Å². The zero-order valence-electron chi connectivity index (χ0n) is 12.6. The van der Waals surface area contributed by atoms with Crippen LogP contribution in [0.15, 0.2) is 48.8 Å². The third-order valence-corrected chi connectivity index (χ3v) is 4.02. The second-order valence-corrected chi connectivity index (χ2v) is 5.70. The molecule has 1 aliphatic carbocycles. The summed E-state index contributed by atoms with van der Waals surface area (Å²) in [6.07, 6.45) is 10.5. The fourth-order valence-corrected chi connectivity index (χ4v) is 2.75. The number of hydrogen-bond donors (Lipinski definition) is 1. The van der Waals surface area contributed by atoms with E-state index in [0.717, 1.165) is 24.1 Å². The lowest BCUT2D eigenvalue weighted by Crippen LogP contribution is -2.27. The maximum absolute atomic E-state index is 12.1. The SMILES string of the molecule is C[C@@H](NC(=O)C[C@@H]1C=CCC1)c1ccc(-n2ccnn2)cc1. The normalized spacial score (nSPS) is 18.3. The molecule has 1 amide bonds. The maximum atomic E-state index is 12.1.